The van der Waals surface area contributed by atoms with Crippen molar-refractivity contribution in [3.8, 4) is 5.75 Å². The van der Waals surface area contributed by atoms with Crippen molar-refractivity contribution in [3.05, 3.63) is 64.3 Å². The summed E-state index contributed by atoms with van der Waals surface area (Å²) in [7, 11) is 0. The zero-order valence-corrected chi connectivity index (χ0v) is 15.1. The molecule has 1 atom stereocenters. The van der Waals surface area contributed by atoms with E-state index in [0.717, 1.165) is 26.8 Å². The number of carbonyl (C=O) groups is 1. The van der Waals surface area contributed by atoms with Gasteiger partial charge in [0, 0.05) is 5.39 Å². The zero-order valence-electron chi connectivity index (χ0n) is 13.5. The van der Waals surface area contributed by atoms with Crippen LogP contribution >= 0.6 is 15.9 Å². The van der Waals surface area contributed by atoms with Gasteiger partial charge in [0.2, 0.25) is 0 Å². The normalized spacial score (nSPS) is 12.1. The summed E-state index contributed by atoms with van der Waals surface area (Å²) in [5.74, 6) is 1.17. The maximum Gasteiger partial charge on any atom is 0.258 e. The first-order chi connectivity index (χ1) is 11.5. The minimum Gasteiger partial charge on any atom is -0.483 e. The molecule has 24 heavy (non-hydrogen) atoms. The number of benzene rings is 2. The van der Waals surface area contributed by atoms with Crippen LogP contribution in [0.1, 0.15) is 24.3 Å². The molecule has 5 heteroatoms. The number of amides is 1. The maximum absolute atomic E-state index is 12.1. The first-order valence-corrected chi connectivity index (χ1v) is 8.49. The highest BCUT2D eigenvalue weighted by molar-refractivity contribution is 9.10. The highest BCUT2D eigenvalue weighted by Gasteiger charge is 2.15. The van der Waals surface area contributed by atoms with Gasteiger partial charge < -0.3 is 14.5 Å². The van der Waals surface area contributed by atoms with Crippen molar-refractivity contribution in [2.45, 2.75) is 19.9 Å². The van der Waals surface area contributed by atoms with Gasteiger partial charge in [0.1, 0.15) is 17.1 Å². The number of fused-ring (bicyclic) bond motifs is 1. The Morgan fingerprint density at radius 2 is 2.04 bits per heavy atom. The number of ether oxygens (including phenoxy) is 1. The minimum absolute atomic E-state index is 0.0494. The first kappa shape index (κ1) is 16.6. The lowest BCUT2D eigenvalue weighted by molar-refractivity contribution is -0.123. The Kier molecular flexibility index (Phi) is 4.90. The summed E-state index contributed by atoms with van der Waals surface area (Å²) in [6.07, 6.45) is 0. The van der Waals surface area contributed by atoms with Crippen LogP contribution in [-0.2, 0) is 4.79 Å². The molecular weight excluding hydrogens is 370 g/mol. The van der Waals surface area contributed by atoms with E-state index < -0.39 is 0 Å². The molecule has 1 heterocycles. The molecule has 0 fully saturated rings. The number of furan rings is 1. The highest BCUT2D eigenvalue weighted by Crippen LogP contribution is 2.26. The lowest BCUT2D eigenvalue weighted by Gasteiger charge is -2.13. The average Bonchev–Trinajstić information content (AvgIpc) is 2.98. The summed E-state index contributed by atoms with van der Waals surface area (Å²) in [6.45, 7) is 3.83. The van der Waals surface area contributed by atoms with Crippen LogP contribution in [0.2, 0.25) is 0 Å². The molecule has 0 unspecified atom stereocenters. The average molecular weight is 388 g/mol. The molecule has 0 bridgehead atoms. The van der Waals surface area contributed by atoms with Crippen LogP contribution in [0, 0.1) is 6.92 Å². The van der Waals surface area contributed by atoms with E-state index in [1.807, 2.05) is 62.4 Å². The summed E-state index contributed by atoms with van der Waals surface area (Å²) in [4.78, 5) is 12.1. The monoisotopic (exact) mass is 387 g/mol. The number of hydrogen-bond donors (Lipinski definition) is 1. The molecule has 124 valence electrons. The number of nitrogens with one attached hydrogen (secondary N) is 1. The van der Waals surface area contributed by atoms with Crippen LogP contribution in [0.4, 0.5) is 0 Å². The number of carbonyl (C=O) groups excluding carboxylic acids is 1. The van der Waals surface area contributed by atoms with E-state index in [1.165, 1.54) is 0 Å². The number of halogens is 1. The topological polar surface area (TPSA) is 51.5 Å². The Morgan fingerprint density at radius 3 is 2.79 bits per heavy atom. The van der Waals surface area contributed by atoms with E-state index in [4.69, 9.17) is 9.15 Å². The van der Waals surface area contributed by atoms with Crippen molar-refractivity contribution in [1.82, 2.24) is 5.32 Å². The predicted octanol–water partition coefficient (Wildman–Crippen LogP) is 4.76. The van der Waals surface area contributed by atoms with Crippen molar-refractivity contribution in [3.63, 3.8) is 0 Å². The summed E-state index contributed by atoms with van der Waals surface area (Å²) in [6, 6.07) is 15.2. The van der Waals surface area contributed by atoms with Crippen molar-refractivity contribution in [2.75, 3.05) is 6.61 Å². The van der Waals surface area contributed by atoms with Gasteiger partial charge in [-0.3, -0.25) is 4.79 Å². The van der Waals surface area contributed by atoms with E-state index in [0.29, 0.717) is 5.75 Å². The molecule has 0 aliphatic rings. The fourth-order valence-electron chi connectivity index (χ4n) is 2.44. The second kappa shape index (κ2) is 7.09. The molecule has 0 aliphatic carbocycles. The quantitative estimate of drug-likeness (QED) is 0.686. The van der Waals surface area contributed by atoms with E-state index in [2.05, 4.69) is 21.2 Å². The number of rotatable bonds is 5. The molecule has 0 aliphatic heterocycles. The van der Waals surface area contributed by atoms with Gasteiger partial charge in [-0.25, -0.2) is 0 Å². The van der Waals surface area contributed by atoms with E-state index >= 15 is 0 Å². The van der Waals surface area contributed by atoms with E-state index in [9.17, 15) is 4.79 Å². The minimum atomic E-state index is -0.227. The molecule has 0 saturated heterocycles. The third kappa shape index (κ3) is 3.79. The number of hydrogen-bond acceptors (Lipinski definition) is 3. The van der Waals surface area contributed by atoms with Crippen LogP contribution in [0.25, 0.3) is 11.0 Å². The second-order valence-electron chi connectivity index (χ2n) is 5.70. The fourth-order valence-corrected chi connectivity index (χ4v) is 3.04. The molecule has 3 rings (SSSR count). The van der Waals surface area contributed by atoms with Crippen molar-refractivity contribution >= 4 is 32.8 Å². The maximum atomic E-state index is 12.1. The molecule has 3 aromatic rings. The van der Waals surface area contributed by atoms with Crippen molar-refractivity contribution in [1.29, 1.82) is 0 Å². The Balaban J connectivity index is 1.59. The third-order valence-electron chi connectivity index (χ3n) is 3.69. The Morgan fingerprint density at radius 1 is 1.25 bits per heavy atom. The van der Waals surface area contributed by atoms with Gasteiger partial charge in [-0.05, 0) is 59.6 Å². The third-order valence-corrected chi connectivity index (χ3v) is 4.31. The molecular formula is C19H18BrNO3. The lowest BCUT2D eigenvalue weighted by atomic mass is 10.2. The molecule has 1 amide bonds. The Labute approximate surface area is 148 Å². The highest BCUT2D eigenvalue weighted by atomic mass is 79.9. The van der Waals surface area contributed by atoms with Gasteiger partial charge >= 0.3 is 0 Å². The predicted molar refractivity (Wildman–Crippen MR) is 97.1 cm³/mol. The Hall–Kier alpha value is -2.27. The molecule has 0 spiro atoms. The zero-order chi connectivity index (χ0) is 17.1. The molecule has 0 saturated carbocycles. The van der Waals surface area contributed by atoms with Crippen LogP contribution in [0.5, 0.6) is 5.75 Å². The SMILES string of the molecule is Cc1ccc(OCC(=O)N[C@@H](C)c2cc3ccccc3o2)c(Br)c1. The Bertz CT molecular complexity index is 839. The summed E-state index contributed by atoms with van der Waals surface area (Å²) in [5.41, 5.74) is 1.94. The summed E-state index contributed by atoms with van der Waals surface area (Å²) >= 11 is 3.43. The van der Waals surface area contributed by atoms with E-state index in [1.54, 1.807) is 0 Å². The van der Waals surface area contributed by atoms with Crippen LogP contribution in [0.15, 0.2) is 57.4 Å². The van der Waals surface area contributed by atoms with Crippen LogP contribution in [0.3, 0.4) is 0 Å². The molecule has 2 aromatic carbocycles. The summed E-state index contributed by atoms with van der Waals surface area (Å²) in [5, 5.41) is 3.91. The molecule has 1 aromatic heterocycles. The van der Waals surface area contributed by atoms with Crippen LogP contribution < -0.4 is 10.1 Å². The van der Waals surface area contributed by atoms with Gasteiger partial charge in [0.15, 0.2) is 6.61 Å². The number of aryl methyl sites for hydroxylation is 1. The van der Waals surface area contributed by atoms with Gasteiger partial charge in [-0.1, -0.05) is 24.3 Å². The van der Waals surface area contributed by atoms with Crippen LogP contribution in [-0.4, -0.2) is 12.5 Å². The largest absolute Gasteiger partial charge is 0.483 e. The van der Waals surface area contributed by atoms with Gasteiger partial charge in [-0.15, -0.1) is 0 Å². The summed E-state index contributed by atoms with van der Waals surface area (Å²) < 4.78 is 12.2. The van der Waals surface area contributed by atoms with E-state index in [-0.39, 0.29) is 18.6 Å². The number of para-hydroxylation sites is 1. The fraction of sp³-hybridized carbons (Fsp3) is 0.211. The first-order valence-electron chi connectivity index (χ1n) is 7.70. The molecule has 4 nitrogen and oxygen atoms in total. The second-order valence-corrected chi connectivity index (χ2v) is 6.55. The van der Waals surface area contributed by atoms with Crippen molar-refractivity contribution in [2.24, 2.45) is 0 Å². The molecule has 0 radical (unpaired) electrons. The molecule has 1 N–H and O–H groups in total. The standard InChI is InChI=1S/C19H18BrNO3/c1-12-7-8-17(15(20)9-12)23-11-19(22)21-13(2)18-10-14-5-3-4-6-16(14)24-18/h3-10,13H,11H2,1-2H3,(H,21,22)/t13-/m0/s1. The van der Waals surface area contributed by atoms with Crippen molar-refractivity contribution < 1.29 is 13.9 Å². The van der Waals surface area contributed by atoms with Gasteiger partial charge in [0.05, 0.1) is 10.5 Å². The smallest absolute Gasteiger partial charge is 0.258 e. The van der Waals surface area contributed by atoms with Gasteiger partial charge in [-0.2, -0.15) is 0 Å². The van der Waals surface area contributed by atoms with Gasteiger partial charge in [0.25, 0.3) is 5.91 Å². The lowest BCUT2D eigenvalue weighted by Crippen LogP contribution is -2.31.